The van der Waals surface area contributed by atoms with Crippen LogP contribution in [0.1, 0.15) is 25.0 Å². The number of H-pyrrole nitrogens is 1. The lowest BCUT2D eigenvalue weighted by Gasteiger charge is -2.30. The zero-order valence-electron chi connectivity index (χ0n) is 14.6. The highest BCUT2D eigenvalue weighted by Gasteiger charge is 2.17. The van der Waals surface area contributed by atoms with E-state index in [1.807, 2.05) is 31.2 Å². The molecule has 3 rings (SSSR count). The molecule has 0 spiro atoms. The quantitative estimate of drug-likeness (QED) is 0.573. The fourth-order valence-electron chi connectivity index (χ4n) is 2.86. The Bertz CT molecular complexity index is 901. The Labute approximate surface area is 159 Å². The first-order valence-electron chi connectivity index (χ1n) is 8.35. The Kier molecular flexibility index (Phi) is 5.30. The third-order valence-electron chi connectivity index (χ3n) is 4.41. The normalized spacial score (nSPS) is 11.1. The van der Waals surface area contributed by atoms with E-state index in [1.165, 1.54) is 10.9 Å². The first kappa shape index (κ1) is 17.8. The third-order valence-corrected chi connectivity index (χ3v) is 5.16. The van der Waals surface area contributed by atoms with Gasteiger partial charge in [-0.2, -0.15) is 0 Å². The van der Waals surface area contributed by atoms with Gasteiger partial charge in [-0.25, -0.2) is 0 Å². The molecule has 0 radical (unpaired) electrons. The number of nitrogens with one attached hydrogen (secondary N) is 2. The predicted octanol–water partition coefficient (Wildman–Crippen LogP) is 5.74. The van der Waals surface area contributed by atoms with Gasteiger partial charge in [0.25, 0.3) is 0 Å². The van der Waals surface area contributed by atoms with Gasteiger partial charge in [0.05, 0.1) is 0 Å². The van der Waals surface area contributed by atoms with Gasteiger partial charge in [0.1, 0.15) is 0 Å². The second-order valence-electron chi connectivity index (χ2n) is 6.42. The molecule has 0 saturated heterocycles. The maximum absolute atomic E-state index is 6.22. The number of aromatic amines is 1. The van der Waals surface area contributed by atoms with Crippen LogP contribution in [0.5, 0.6) is 0 Å². The van der Waals surface area contributed by atoms with Gasteiger partial charge >= 0.3 is 0 Å². The van der Waals surface area contributed by atoms with Gasteiger partial charge in [-0.15, -0.1) is 0 Å². The van der Waals surface area contributed by atoms with Crippen LogP contribution in [0.2, 0.25) is 5.02 Å². The molecule has 0 aliphatic carbocycles. The summed E-state index contributed by atoms with van der Waals surface area (Å²) in [6, 6.07) is 14.4. The lowest BCUT2D eigenvalue weighted by Crippen LogP contribution is -2.39. The van der Waals surface area contributed by atoms with Crippen molar-refractivity contribution in [2.24, 2.45) is 0 Å². The molecule has 1 heterocycles. The lowest BCUT2D eigenvalue weighted by atomic mass is 10.1. The molecule has 0 unspecified atom stereocenters. The molecule has 5 heteroatoms. The van der Waals surface area contributed by atoms with Crippen molar-refractivity contribution in [2.75, 3.05) is 5.32 Å². The van der Waals surface area contributed by atoms with E-state index in [9.17, 15) is 0 Å². The van der Waals surface area contributed by atoms with Gasteiger partial charge < -0.3 is 15.2 Å². The van der Waals surface area contributed by atoms with E-state index in [1.54, 1.807) is 0 Å². The van der Waals surface area contributed by atoms with Crippen LogP contribution in [0.15, 0.2) is 48.7 Å². The smallest absolute Gasteiger partial charge is 0.173 e. The van der Waals surface area contributed by atoms with Gasteiger partial charge in [0.2, 0.25) is 0 Å². The van der Waals surface area contributed by atoms with Crippen LogP contribution >= 0.6 is 23.8 Å². The Morgan fingerprint density at radius 1 is 1.20 bits per heavy atom. The summed E-state index contributed by atoms with van der Waals surface area (Å²) in [6.07, 6.45) is 2.06. The number of anilines is 1. The van der Waals surface area contributed by atoms with Gasteiger partial charge in [-0.05, 0) is 62.3 Å². The highest BCUT2D eigenvalue weighted by Crippen LogP contribution is 2.25. The van der Waals surface area contributed by atoms with E-state index in [0.29, 0.717) is 5.11 Å². The second kappa shape index (κ2) is 7.46. The molecule has 25 heavy (non-hydrogen) atoms. The lowest BCUT2D eigenvalue weighted by molar-refractivity contribution is 0.349. The fraction of sp³-hybridized carbons (Fsp3) is 0.250. The van der Waals surface area contributed by atoms with Crippen molar-refractivity contribution in [2.45, 2.75) is 33.4 Å². The first-order valence-corrected chi connectivity index (χ1v) is 9.13. The summed E-state index contributed by atoms with van der Waals surface area (Å²) in [5.74, 6) is 0. The minimum Gasteiger partial charge on any atom is -0.361 e. The van der Waals surface area contributed by atoms with Crippen LogP contribution in [-0.2, 0) is 6.54 Å². The van der Waals surface area contributed by atoms with E-state index >= 15 is 0 Å². The number of aromatic nitrogens is 1. The molecule has 0 fully saturated rings. The van der Waals surface area contributed by atoms with Crippen molar-refractivity contribution in [3.05, 3.63) is 64.8 Å². The largest absolute Gasteiger partial charge is 0.361 e. The van der Waals surface area contributed by atoms with E-state index in [4.69, 9.17) is 23.8 Å². The maximum Gasteiger partial charge on any atom is 0.173 e. The van der Waals surface area contributed by atoms with Gasteiger partial charge in [-0.1, -0.05) is 35.9 Å². The van der Waals surface area contributed by atoms with Crippen molar-refractivity contribution in [1.82, 2.24) is 9.88 Å². The number of halogens is 1. The van der Waals surface area contributed by atoms with Crippen LogP contribution < -0.4 is 5.32 Å². The number of rotatable bonds is 4. The summed E-state index contributed by atoms with van der Waals surface area (Å²) in [5.41, 5.74) is 4.33. The molecule has 130 valence electrons. The number of hydrogen-bond acceptors (Lipinski definition) is 1. The molecule has 0 aliphatic heterocycles. The topological polar surface area (TPSA) is 31.1 Å². The molecule has 2 N–H and O–H groups in total. The number of thiocarbonyl (C=S) groups is 1. The van der Waals surface area contributed by atoms with Crippen molar-refractivity contribution in [1.29, 1.82) is 0 Å². The fourth-order valence-corrected chi connectivity index (χ4v) is 3.42. The van der Waals surface area contributed by atoms with E-state index in [2.05, 4.69) is 53.4 Å². The molecule has 3 nitrogen and oxygen atoms in total. The van der Waals surface area contributed by atoms with Crippen LogP contribution in [0.3, 0.4) is 0 Å². The molecular formula is C20H22ClN3S. The van der Waals surface area contributed by atoms with Gasteiger partial charge in [-0.3, -0.25) is 0 Å². The molecule has 3 aromatic rings. The van der Waals surface area contributed by atoms with Crippen molar-refractivity contribution < 1.29 is 0 Å². The zero-order chi connectivity index (χ0) is 18.0. The van der Waals surface area contributed by atoms with E-state index in [0.717, 1.165) is 28.3 Å². The first-order chi connectivity index (χ1) is 12.0. The Morgan fingerprint density at radius 3 is 2.72 bits per heavy atom. The second-order valence-corrected chi connectivity index (χ2v) is 7.22. The molecule has 0 bridgehead atoms. The van der Waals surface area contributed by atoms with Gasteiger partial charge in [0.15, 0.2) is 5.11 Å². The average Bonchev–Trinajstić information content (AvgIpc) is 2.99. The standard InChI is InChI=1S/C20H22ClN3S/c1-13(2)24(12-15-11-22-19-9-5-4-7-16(15)19)20(25)23-18-10-6-8-17(21)14(18)3/h4-11,13,22H,12H2,1-3H3,(H,23,25). The SMILES string of the molecule is Cc1c(Cl)cccc1NC(=S)N(Cc1c[nH]c2ccccc12)C(C)C. The van der Waals surface area contributed by atoms with Crippen LogP contribution in [0.25, 0.3) is 10.9 Å². The summed E-state index contributed by atoms with van der Waals surface area (Å²) in [6.45, 7) is 7.03. The van der Waals surface area contributed by atoms with Crippen LogP contribution in [0.4, 0.5) is 5.69 Å². The molecule has 1 aromatic heterocycles. The summed E-state index contributed by atoms with van der Waals surface area (Å²) >= 11 is 11.9. The predicted molar refractivity (Wildman–Crippen MR) is 111 cm³/mol. The van der Waals surface area contributed by atoms with Crippen molar-refractivity contribution >= 4 is 45.5 Å². The van der Waals surface area contributed by atoms with Crippen LogP contribution in [-0.4, -0.2) is 21.0 Å². The summed E-state index contributed by atoms with van der Waals surface area (Å²) < 4.78 is 0. The number of nitrogens with zero attached hydrogens (tertiary/aromatic N) is 1. The number of para-hydroxylation sites is 1. The Balaban J connectivity index is 1.83. The molecule has 2 aromatic carbocycles. The monoisotopic (exact) mass is 371 g/mol. The molecule has 0 saturated carbocycles. The number of benzene rings is 2. The van der Waals surface area contributed by atoms with E-state index in [-0.39, 0.29) is 6.04 Å². The number of fused-ring (bicyclic) bond motifs is 1. The minimum absolute atomic E-state index is 0.271. The Hall–Kier alpha value is -2.04. The summed E-state index contributed by atoms with van der Waals surface area (Å²) in [7, 11) is 0. The van der Waals surface area contributed by atoms with Gasteiger partial charge in [0, 0.05) is 40.4 Å². The summed E-state index contributed by atoms with van der Waals surface area (Å²) in [4.78, 5) is 5.52. The molecule has 0 amide bonds. The highest BCUT2D eigenvalue weighted by molar-refractivity contribution is 7.80. The van der Waals surface area contributed by atoms with Crippen LogP contribution in [0, 0.1) is 6.92 Å². The molecule has 0 atom stereocenters. The maximum atomic E-state index is 6.22. The summed E-state index contributed by atoms with van der Waals surface area (Å²) in [5, 5.41) is 6.02. The van der Waals surface area contributed by atoms with Crippen molar-refractivity contribution in [3.63, 3.8) is 0 Å². The Morgan fingerprint density at radius 2 is 1.96 bits per heavy atom. The van der Waals surface area contributed by atoms with E-state index < -0.39 is 0 Å². The highest BCUT2D eigenvalue weighted by atomic mass is 35.5. The van der Waals surface area contributed by atoms with Crippen molar-refractivity contribution in [3.8, 4) is 0 Å². The minimum atomic E-state index is 0.271. The zero-order valence-corrected chi connectivity index (χ0v) is 16.2. The molecule has 0 aliphatic rings. The average molecular weight is 372 g/mol. The number of hydrogen-bond donors (Lipinski definition) is 2. The third kappa shape index (κ3) is 3.80. The molecular weight excluding hydrogens is 350 g/mol.